The van der Waals surface area contributed by atoms with Gasteiger partial charge in [-0.3, -0.25) is 9.48 Å². The van der Waals surface area contributed by atoms with Crippen molar-refractivity contribution in [2.75, 3.05) is 0 Å². The van der Waals surface area contributed by atoms with Crippen LogP contribution in [0.2, 0.25) is 0 Å². The van der Waals surface area contributed by atoms with Gasteiger partial charge in [0.25, 0.3) is 0 Å². The Morgan fingerprint density at radius 3 is 3.09 bits per heavy atom. The lowest BCUT2D eigenvalue weighted by molar-refractivity contribution is -0.138. The summed E-state index contributed by atoms with van der Waals surface area (Å²) in [7, 11) is 0. The minimum atomic E-state index is -0.814. The molecule has 7 heteroatoms. The molecule has 0 amide bonds. The topological polar surface area (TPSA) is 96.7 Å². The number of H-pyrrole nitrogens is 1. The van der Waals surface area contributed by atoms with Gasteiger partial charge in [-0.05, 0) is 12.5 Å². The Morgan fingerprint density at radius 2 is 2.32 bits per heavy atom. The molecular weight excluding hydrogens is 282 g/mol. The lowest BCUT2D eigenvalue weighted by Crippen LogP contribution is -2.14. The zero-order chi connectivity index (χ0) is 15.5. The maximum atomic E-state index is 11.0. The van der Waals surface area contributed by atoms with Gasteiger partial charge in [0.15, 0.2) is 0 Å². The average molecular weight is 299 g/mol. The maximum absolute atomic E-state index is 11.0. The molecule has 0 saturated heterocycles. The molecule has 3 aromatic heterocycles. The summed E-state index contributed by atoms with van der Waals surface area (Å²) in [5, 5.41) is 14.3. The summed E-state index contributed by atoms with van der Waals surface area (Å²) in [6.45, 7) is 2.03. The first-order valence-electron chi connectivity index (χ1n) is 7.23. The molecule has 22 heavy (non-hydrogen) atoms. The van der Waals surface area contributed by atoms with Gasteiger partial charge < -0.3 is 10.1 Å². The molecule has 0 aliphatic carbocycles. The molecule has 0 bridgehead atoms. The van der Waals surface area contributed by atoms with Crippen molar-refractivity contribution in [2.45, 2.75) is 32.2 Å². The maximum Gasteiger partial charge on any atom is 0.305 e. The number of nitrogens with zero attached hydrogens (tertiary/aromatic N) is 4. The fraction of sp³-hybridized carbons (Fsp3) is 0.333. The van der Waals surface area contributed by atoms with Gasteiger partial charge >= 0.3 is 5.97 Å². The van der Waals surface area contributed by atoms with Crippen LogP contribution in [0.3, 0.4) is 0 Å². The molecule has 1 atom stereocenters. The zero-order valence-electron chi connectivity index (χ0n) is 12.2. The number of nitrogens with one attached hydrogen (secondary N) is 1. The highest BCUT2D eigenvalue weighted by Gasteiger charge is 2.17. The summed E-state index contributed by atoms with van der Waals surface area (Å²) in [5.41, 5.74) is 2.43. The minimum Gasteiger partial charge on any atom is -0.481 e. The molecule has 0 spiro atoms. The van der Waals surface area contributed by atoms with Gasteiger partial charge in [0.05, 0.1) is 24.4 Å². The fourth-order valence-corrected chi connectivity index (χ4v) is 2.63. The van der Waals surface area contributed by atoms with Crippen LogP contribution in [0, 0.1) is 0 Å². The molecular formula is C15H17N5O2. The van der Waals surface area contributed by atoms with E-state index in [0.717, 1.165) is 35.1 Å². The number of aromatic nitrogens is 5. The molecule has 0 aromatic carbocycles. The number of aromatic amines is 1. The number of rotatable bonds is 6. The number of carboxylic acids is 1. The first-order valence-corrected chi connectivity index (χ1v) is 7.23. The highest BCUT2D eigenvalue weighted by molar-refractivity contribution is 5.89. The third kappa shape index (κ3) is 2.69. The Kier molecular flexibility index (Phi) is 3.86. The second-order valence-electron chi connectivity index (χ2n) is 5.21. The Morgan fingerprint density at radius 1 is 1.45 bits per heavy atom. The Bertz CT molecular complexity index is 792. The SMILES string of the molecule is CCCC(CC(=O)O)n1cc(-c2ncnc3[nH]ccc23)cn1. The van der Waals surface area contributed by atoms with E-state index < -0.39 is 5.97 Å². The summed E-state index contributed by atoms with van der Waals surface area (Å²) >= 11 is 0. The predicted octanol–water partition coefficient (Wildman–Crippen LogP) is 2.64. The van der Waals surface area contributed by atoms with Crippen LogP contribution in [0.15, 0.2) is 31.0 Å². The average Bonchev–Trinajstić information content (AvgIpc) is 3.15. The summed E-state index contributed by atoms with van der Waals surface area (Å²) in [6, 6.07) is 1.78. The predicted molar refractivity (Wildman–Crippen MR) is 81.3 cm³/mol. The largest absolute Gasteiger partial charge is 0.481 e. The van der Waals surface area contributed by atoms with E-state index in [4.69, 9.17) is 5.11 Å². The van der Waals surface area contributed by atoms with Gasteiger partial charge in [-0.25, -0.2) is 9.97 Å². The van der Waals surface area contributed by atoms with Gasteiger partial charge in [0.1, 0.15) is 12.0 Å². The highest BCUT2D eigenvalue weighted by Crippen LogP contribution is 2.26. The summed E-state index contributed by atoms with van der Waals surface area (Å²) in [5.74, 6) is -0.814. The van der Waals surface area contributed by atoms with Gasteiger partial charge in [-0.2, -0.15) is 5.10 Å². The smallest absolute Gasteiger partial charge is 0.305 e. The molecule has 0 aliphatic heterocycles. The van der Waals surface area contributed by atoms with Crippen LogP contribution in [0.4, 0.5) is 0 Å². The first-order chi connectivity index (χ1) is 10.7. The third-order valence-electron chi connectivity index (χ3n) is 3.64. The van der Waals surface area contributed by atoms with E-state index in [2.05, 4.69) is 20.1 Å². The van der Waals surface area contributed by atoms with Crippen LogP contribution >= 0.6 is 0 Å². The second kappa shape index (κ2) is 5.97. The number of aliphatic carboxylic acids is 1. The van der Waals surface area contributed by atoms with Crippen molar-refractivity contribution in [3.05, 3.63) is 31.0 Å². The molecule has 7 nitrogen and oxygen atoms in total. The molecule has 2 N–H and O–H groups in total. The summed E-state index contributed by atoms with van der Waals surface area (Å²) in [4.78, 5) is 22.6. The van der Waals surface area contributed by atoms with Gasteiger partial charge in [-0.15, -0.1) is 0 Å². The van der Waals surface area contributed by atoms with E-state index in [1.165, 1.54) is 6.33 Å². The Hall–Kier alpha value is -2.70. The van der Waals surface area contributed by atoms with Crippen molar-refractivity contribution in [1.29, 1.82) is 0 Å². The quantitative estimate of drug-likeness (QED) is 0.729. The van der Waals surface area contributed by atoms with E-state index in [1.807, 2.05) is 25.4 Å². The van der Waals surface area contributed by atoms with Crippen LogP contribution < -0.4 is 0 Å². The van der Waals surface area contributed by atoms with Gasteiger partial charge in [0.2, 0.25) is 0 Å². The standard InChI is InChI=1S/C15H17N5O2/c1-2-3-11(6-13(21)22)20-8-10(7-19-20)14-12-4-5-16-15(12)18-9-17-14/h4-5,7-9,11H,2-3,6H2,1H3,(H,21,22)(H,16,17,18). The molecule has 0 radical (unpaired) electrons. The van der Waals surface area contributed by atoms with Crippen molar-refractivity contribution < 1.29 is 9.90 Å². The lowest BCUT2D eigenvalue weighted by atomic mass is 10.1. The molecule has 114 valence electrons. The number of hydrogen-bond donors (Lipinski definition) is 2. The van der Waals surface area contributed by atoms with Crippen LogP contribution in [0.5, 0.6) is 0 Å². The number of carbonyl (C=O) groups is 1. The second-order valence-corrected chi connectivity index (χ2v) is 5.21. The van der Waals surface area contributed by atoms with Crippen molar-refractivity contribution in [3.8, 4) is 11.3 Å². The van der Waals surface area contributed by atoms with Crippen LogP contribution in [-0.2, 0) is 4.79 Å². The van der Waals surface area contributed by atoms with Crippen molar-refractivity contribution >= 4 is 17.0 Å². The van der Waals surface area contributed by atoms with E-state index >= 15 is 0 Å². The monoisotopic (exact) mass is 299 g/mol. The minimum absolute atomic E-state index is 0.0678. The third-order valence-corrected chi connectivity index (χ3v) is 3.64. The van der Waals surface area contributed by atoms with Crippen molar-refractivity contribution in [1.82, 2.24) is 24.7 Å². The molecule has 0 fully saturated rings. The summed E-state index contributed by atoms with van der Waals surface area (Å²) in [6.07, 6.45) is 8.65. The molecule has 0 aliphatic rings. The van der Waals surface area contributed by atoms with Crippen molar-refractivity contribution in [3.63, 3.8) is 0 Å². The Labute approximate surface area is 127 Å². The highest BCUT2D eigenvalue weighted by atomic mass is 16.4. The van der Waals surface area contributed by atoms with Crippen LogP contribution in [-0.4, -0.2) is 35.8 Å². The molecule has 3 heterocycles. The van der Waals surface area contributed by atoms with E-state index in [-0.39, 0.29) is 12.5 Å². The lowest BCUT2D eigenvalue weighted by Gasteiger charge is -2.14. The number of fused-ring (bicyclic) bond motifs is 1. The fourth-order valence-electron chi connectivity index (χ4n) is 2.63. The van der Waals surface area contributed by atoms with Crippen LogP contribution in [0.25, 0.3) is 22.3 Å². The Balaban J connectivity index is 1.95. The van der Waals surface area contributed by atoms with E-state index in [1.54, 1.807) is 10.9 Å². The normalized spacial score (nSPS) is 12.6. The molecule has 0 saturated carbocycles. The van der Waals surface area contributed by atoms with E-state index in [9.17, 15) is 4.79 Å². The first kappa shape index (κ1) is 14.2. The van der Waals surface area contributed by atoms with Crippen LogP contribution in [0.1, 0.15) is 32.2 Å². The molecule has 1 unspecified atom stereocenters. The van der Waals surface area contributed by atoms with E-state index in [0.29, 0.717) is 0 Å². The molecule has 3 aromatic rings. The number of hydrogen-bond acceptors (Lipinski definition) is 4. The summed E-state index contributed by atoms with van der Waals surface area (Å²) < 4.78 is 1.73. The molecule has 3 rings (SSSR count). The van der Waals surface area contributed by atoms with Gasteiger partial charge in [0, 0.05) is 23.3 Å². The van der Waals surface area contributed by atoms with Crippen molar-refractivity contribution in [2.24, 2.45) is 0 Å². The van der Waals surface area contributed by atoms with Gasteiger partial charge in [-0.1, -0.05) is 13.3 Å². The zero-order valence-corrected chi connectivity index (χ0v) is 12.2. The number of carboxylic acid groups (broad SMARTS) is 1.